The Morgan fingerprint density at radius 3 is 3.11 bits per heavy atom. The summed E-state index contributed by atoms with van der Waals surface area (Å²) >= 11 is 7.31. The lowest BCUT2D eigenvalue weighted by Gasteiger charge is -2.04. The highest BCUT2D eigenvalue weighted by Gasteiger charge is 2.13. The summed E-state index contributed by atoms with van der Waals surface area (Å²) in [6, 6.07) is 7.24. The molecule has 0 aliphatic carbocycles. The number of benzene rings is 1. The number of nitriles is 1. The molecule has 0 radical (unpaired) electrons. The van der Waals surface area contributed by atoms with Crippen molar-refractivity contribution in [3.05, 3.63) is 29.1 Å². The molecular formula is C12H10ClN3O2S. The van der Waals surface area contributed by atoms with E-state index in [-0.39, 0.29) is 0 Å². The fraction of sp³-hybridized carbons (Fsp3) is 0.250. The van der Waals surface area contributed by atoms with Crippen molar-refractivity contribution in [2.24, 2.45) is 0 Å². The zero-order valence-corrected chi connectivity index (χ0v) is 11.7. The van der Waals surface area contributed by atoms with Crippen LogP contribution in [0.25, 0.3) is 11.4 Å². The minimum absolute atomic E-state index is 0.391. The summed E-state index contributed by atoms with van der Waals surface area (Å²) in [4.78, 5) is 4.26. The Hall–Kier alpha value is -1.71. The average molecular weight is 296 g/mol. The molecule has 1 aromatic carbocycles. The maximum Gasteiger partial charge on any atom is 0.236 e. The molecule has 0 atom stereocenters. The van der Waals surface area contributed by atoms with E-state index in [4.69, 9.17) is 26.1 Å². The van der Waals surface area contributed by atoms with Crippen LogP contribution in [0.15, 0.2) is 22.7 Å². The molecule has 0 N–H and O–H groups in total. The number of thioether (sulfide) groups is 1. The number of halogens is 1. The Balaban J connectivity index is 2.21. The van der Waals surface area contributed by atoms with Crippen molar-refractivity contribution in [1.29, 1.82) is 5.26 Å². The number of ether oxygens (including phenoxy) is 1. The quantitative estimate of drug-likeness (QED) is 0.789. The van der Waals surface area contributed by atoms with Crippen LogP contribution in [0.3, 0.4) is 0 Å². The molecular weight excluding hydrogens is 286 g/mol. The molecule has 0 saturated carbocycles. The molecule has 0 aliphatic rings. The van der Waals surface area contributed by atoms with Gasteiger partial charge in [0.1, 0.15) is 5.75 Å². The van der Waals surface area contributed by atoms with Crippen LogP contribution in [0, 0.1) is 11.3 Å². The number of aromatic nitrogens is 2. The highest BCUT2D eigenvalue weighted by Crippen LogP contribution is 2.30. The van der Waals surface area contributed by atoms with Crippen molar-refractivity contribution in [3.8, 4) is 23.2 Å². The lowest BCUT2D eigenvalue weighted by Crippen LogP contribution is -1.89. The largest absolute Gasteiger partial charge is 0.496 e. The van der Waals surface area contributed by atoms with Crippen LogP contribution in [0.4, 0.5) is 0 Å². The maximum atomic E-state index is 8.46. The van der Waals surface area contributed by atoms with Gasteiger partial charge in [0.25, 0.3) is 0 Å². The van der Waals surface area contributed by atoms with Crippen molar-refractivity contribution in [1.82, 2.24) is 10.1 Å². The minimum Gasteiger partial charge on any atom is -0.496 e. The molecule has 0 amide bonds. The molecule has 0 spiro atoms. The number of hydrogen-bond acceptors (Lipinski definition) is 6. The Morgan fingerprint density at radius 2 is 2.37 bits per heavy atom. The summed E-state index contributed by atoms with van der Waals surface area (Å²) < 4.78 is 10.3. The first kappa shape index (κ1) is 13.7. The van der Waals surface area contributed by atoms with Gasteiger partial charge in [-0.3, -0.25) is 0 Å². The molecule has 2 rings (SSSR count). The van der Waals surface area contributed by atoms with E-state index in [1.807, 2.05) is 6.07 Å². The van der Waals surface area contributed by atoms with E-state index in [1.165, 1.54) is 11.8 Å². The van der Waals surface area contributed by atoms with E-state index in [9.17, 15) is 0 Å². The normalized spacial score (nSPS) is 10.2. The Labute approximate surface area is 119 Å². The third-order valence-electron chi connectivity index (χ3n) is 2.26. The fourth-order valence-corrected chi connectivity index (χ4v) is 2.10. The van der Waals surface area contributed by atoms with Gasteiger partial charge in [-0.05, 0) is 18.2 Å². The predicted molar refractivity (Wildman–Crippen MR) is 73.1 cm³/mol. The summed E-state index contributed by atoms with van der Waals surface area (Å²) in [5, 5.41) is 12.9. The van der Waals surface area contributed by atoms with Crippen molar-refractivity contribution in [3.63, 3.8) is 0 Å². The number of hydrogen-bond donors (Lipinski definition) is 0. The topological polar surface area (TPSA) is 71.9 Å². The van der Waals surface area contributed by atoms with E-state index < -0.39 is 0 Å². The summed E-state index contributed by atoms with van der Waals surface area (Å²) in [5.41, 5.74) is 0.715. The van der Waals surface area contributed by atoms with Crippen LogP contribution in [-0.4, -0.2) is 23.0 Å². The minimum atomic E-state index is 0.391. The van der Waals surface area contributed by atoms with Gasteiger partial charge in [-0.1, -0.05) is 16.8 Å². The Morgan fingerprint density at radius 1 is 1.53 bits per heavy atom. The molecule has 7 heteroatoms. The van der Waals surface area contributed by atoms with E-state index >= 15 is 0 Å². The molecule has 0 unspecified atom stereocenters. The van der Waals surface area contributed by atoms with E-state index in [2.05, 4.69) is 10.1 Å². The van der Waals surface area contributed by atoms with E-state index in [0.29, 0.717) is 39.6 Å². The second kappa shape index (κ2) is 6.45. The summed E-state index contributed by atoms with van der Waals surface area (Å²) in [6.07, 6.45) is 0. The van der Waals surface area contributed by atoms with Crippen molar-refractivity contribution in [2.45, 2.75) is 5.75 Å². The van der Waals surface area contributed by atoms with Gasteiger partial charge in [-0.25, -0.2) is 0 Å². The maximum absolute atomic E-state index is 8.46. The summed E-state index contributed by atoms with van der Waals surface area (Å²) in [6.45, 7) is 0. The molecule has 1 heterocycles. The van der Waals surface area contributed by atoms with Gasteiger partial charge >= 0.3 is 0 Å². The predicted octanol–water partition coefficient (Wildman–Crippen LogP) is 3.16. The van der Waals surface area contributed by atoms with Crippen LogP contribution in [0.1, 0.15) is 5.89 Å². The van der Waals surface area contributed by atoms with Gasteiger partial charge in [0, 0.05) is 5.02 Å². The van der Waals surface area contributed by atoms with Gasteiger partial charge in [-0.15, -0.1) is 11.8 Å². The number of methoxy groups -OCH3 is 1. The molecule has 0 saturated heterocycles. The monoisotopic (exact) mass is 295 g/mol. The second-order valence-electron chi connectivity index (χ2n) is 3.51. The van der Waals surface area contributed by atoms with Crippen LogP contribution in [0.2, 0.25) is 5.02 Å². The molecule has 0 fully saturated rings. The standard InChI is InChI=1S/C12H10ClN3O2S/c1-17-10-6-8(13)2-3-9(10)12-15-11(18-16-12)7-19-5-4-14/h2-3,6H,5,7H2,1H3. The molecule has 5 nitrogen and oxygen atoms in total. The smallest absolute Gasteiger partial charge is 0.236 e. The lowest BCUT2D eigenvalue weighted by atomic mass is 10.2. The number of nitrogens with zero attached hydrogens (tertiary/aromatic N) is 3. The van der Waals surface area contributed by atoms with Gasteiger partial charge in [0.05, 0.1) is 30.2 Å². The van der Waals surface area contributed by atoms with E-state index in [0.717, 1.165) is 0 Å². The molecule has 0 bridgehead atoms. The molecule has 0 aliphatic heterocycles. The van der Waals surface area contributed by atoms with Gasteiger partial charge in [0.2, 0.25) is 11.7 Å². The van der Waals surface area contributed by atoms with Gasteiger partial charge in [-0.2, -0.15) is 10.2 Å². The molecule has 1 aromatic heterocycles. The highest BCUT2D eigenvalue weighted by molar-refractivity contribution is 7.98. The molecule has 98 valence electrons. The Kier molecular flexibility index (Phi) is 4.66. The Bertz CT molecular complexity index is 609. The highest BCUT2D eigenvalue weighted by atomic mass is 35.5. The second-order valence-corrected chi connectivity index (χ2v) is 4.93. The molecule has 2 aromatic rings. The zero-order chi connectivity index (χ0) is 13.7. The van der Waals surface area contributed by atoms with Crippen LogP contribution >= 0.6 is 23.4 Å². The lowest BCUT2D eigenvalue weighted by molar-refractivity contribution is 0.390. The third kappa shape index (κ3) is 3.40. The zero-order valence-electron chi connectivity index (χ0n) is 10.1. The van der Waals surface area contributed by atoms with Gasteiger partial charge in [0.15, 0.2) is 0 Å². The first-order valence-corrected chi connectivity index (χ1v) is 6.89. The van der Waals surface area contributed by atoms with Crippen LogP contribution in [-0.2, 0) is 5.75 Å². The number of rotatable bonds is 5. The third-order valence-corrected chi connectivity index (χ3v) is 3.28. The van der Waals surface area contributed by atoms with Crippen molar-refractivity contribution < 1.29 is 9.26 Å². The van der Waals surface area contributed by atoms with Gasteiger partial charge < -0.3 is 9.26 Å². The summed E-state index contributed by atoms with van der Waals surface area (Å²) in [7, 11) is 1.55. The van der Waals surface area contributed by atoms with Crippen molar-refractivity contribution in [2.75, 3.05) is 12.9 Å². The van der Waals surface area contributed by atoms with Crippen LogP contribution in [0.5, 0.6) is 5.75 Å². The summed E-state index contributed by atoms with van der Waals surface area (Å²) in [5.74, 6) is 2.41. The van der Waals surface area contributed by atoms with E-state index in [1.54, 1.807) is 25.3 Å². The average Bonchev–Trinajstić information content (AvgIpc) is 2.87. The molecule has 19 heavy (non-hydrogen) atoms. The van der Waals surface area contributed by atoms with Crippen LogP contribution < -0.4 is 4.74 Å². The van der Waals surface area contributed by atoms with Crippen molar-refractivity contribution >= 4 is 23.4 Å². The first-order chi connectivity index (χ1) is 9.24. The first-order valence-electron chi connectivity index (χ1n) is 5.35. The fourth-order valence-electron chi connectivity index (χ4n) is 1.46. The SMILES string of the molecule is COc1cc(Cl)ccc1-c1noc(CSCC#N)n1.